The Kier molecular flexibility index (Phi) is 6.64. The predicted molar refractivity (Wildman–Crippen MR) is 136 cm³/mol. The number of pyridine rings is 1. The molecule has 7 nitrogen and oxygen atoms in total. The third-order valence-corrected chi connectivity index (χ3v) is 6.31. The summed E-state index contributed by atoms with van der Waals surface area (Å²) in [5, 5.41) is 0.776. The molecule has 180 valence electrons. The number of piperazine rings is 1. The van der Waals surface area contributed by atoms with Gasteiger partial charge in [-0.3, -0.25) is 9.36 Å². The van der Waals surface area contributed by atoms with E-state index in [0.717, 1.165) is 0 Å². The number of halogens is 2. The highest BCUT2D eigenvalue weighted by Gasteiger charge is 2.26. The summed E-state index contributed by atoms with van der Waals surface area (Å²) in [6, 6.07) is 7.85. The van der Waals surface area contributed by atoms with E-state index in [0.29, 0.717) is 43.0 Å². The quantitative estimate of drug-likeness (QED) is 0.400. The monoisotopic (exact) mass is 493 g/mol. The van der Waals surface area contributed by atoms with Crippen molar-refractivity contribution in [3.8, 4) is 23.6 Å². The summed E-state index contributed by atoms with van der Waals surface area (Å²) in [4.78, 5) is 37.9. The Bertz CT molecular complexity index is 1420. The van der Waals surface area contributed by atoms with Crippen LogP contribution in [-0.2, 0) is 11.3 Å². The molecule has 0 spiro atoms. The number of carbonyl (C=O) groups is 1. The highest BCUT2D eigenvalue weighted by atomic mass is 35.5. The summed E-state index contributed by atoms with van der Waals surface area (Å²) < 4.78 is 16.0. The van der Waals surface area contributed by atoms with Gasteiger partial charge in [-0.2, -0.15) is 4.98 Å². The fourth-order valence-corrected chi connectivity index (χ4v) is 4.34. The van der Waals surface area contributed by atoms with Gasteiger partial charge in [0.25, 0.3) is 0 Å². The van der Waals surface area contributed by atoms with Crippen LogP contribution in [0.15, 0.2) is 47.8 Å². The van der Waals surface area contributed by atoms with Crippen molar-refractivity contribution in [2.24, 2.45) is 5.41 Å². The number of nitrogens with zero attached hydrogens (tertiary/aromatic N) is 5. The van der Waals surface area contributed by atoms with Gasteiger partial charge in [0.15, 0.2) is 0 Å². The Hall–Kier alpha value is -3.70. The van der Waals surface area contributed by atoms with Gasteiger partial charge in [-0.25, -0.2) is 14.2 Å². The van der Waals surface area contributed by atoms with Crippen molar-refractivity contribution in [1.29, 1.82) is 0 Å². The molecule has 0 aliphatic carbocycles. The number of hydrogen-bond acceptors (Lipinski definition) is 5. The van der Waals surface area contributed by atoms with Crippen LogP contribution in [-0.4, -0.2) is 51.5 Å². The summed E-state index contributed by atoms with van der Waals surface area (Å²) in [6.45, 7) is 9.21. The summed E-state index contributed by atoms with van der Waals surface area (Å²) in [5.41, 5.74) is -0.409. The lowest BCUT2D eigenvalue weighted by Gasteiger charge is -2.35. The van der Waals surface area contributed by atoms with E-state index in [9.17, 15) is 14.0 Å². The second kappa shape index (κ2) is 9.51. The van der Waals surface area contributed by atoms with E-state index in [1.54, 1.807) is 29.2 Å². The zero-order valence-electron chi connectivity index (χ0n) is 19.6. The topological polar surface area (TPSA) is 71.3 Å². The summed E-state index contributed by atoms with van der Waals surface area (Å²) in [5.74, 6) is 2.49. The average Bonchev–Trinajstić information content (AvgIpc) is 2.85. The molecule has 4 rings (SSSR count). The van der Waals surface area contributed by atoms with Gasteiger partial charge in [0, 0.05) is 43.7 Å². The van der Waals surface area contributed by atoms with Crippen molar-refractivity contribution in [3.63, 3.8) is 0 Å². The second-order valence-electron chi connectivity index (χ2n) is 9.02. The van der Waals surface area contributed by atoms with Gasteiger partial charge in [-0.1, -0.05) is 36.2 Å². The van der Waals surface area contributed by atoms with Gasteiger partial charge in [0.1, 0.15) is 17.3 Å². The van der Waals surface area contributed by atoms with E-state index in [2.05, 4.69) is 22.5 Å². The van der Waals surface area contributed by atoms with Crippen LogP contribution < -0.4 is 10.6 Å². The molecule has 2 aromatic heterocycles. The predicted octanol–water partition coefficient (Wildman–Crippen LogP) is 3.75. The molecule has 1 fully saturated rings. The molecule has 1 aliphatic heterocycles. The number of fused-ring (bicyclic) bond motifs is 1. The number of hydrogen-bond donors (Lipinski definition) is 0. The molecule has 1 amide bonds. The Labute approximate surface area is 207 Å². The summed E-state index contributed by atoms with van der Waals surface area (Å²) in [7, 11) is 0. The zero-order chi connectivity index (χ0) is 25.3. The van der Waals surface area contributed by atoms with Crippen LogP contribution >= 0.6 is 11.6 Å². The molecule has 35 heavy (non-hydrogen) atoms. The lowest BCUT2D eigenvalue weighted by Crippen LogP contribution is -2.49. The maximum atomic E-state index is 14.6. The molecule has 0 atom stereocenters. The first-order valence-corrected chi connectivity index (χ1v) is 11.5. The molecule has 9 heteroatoms. The third kappa shape index (κ3) is 4.77. The Balaban J connectivity index is 1.90. The number of amides is 1. The van der Waals surface area contributed by atoms with Gasteiger partial charge in [-0.05, 0) is 38.1 Å². The molecular weight excluding hydrogens is 469 g/mol. The van der Waals surface area contributed by atoms with Gasteiger partial charge in [0.2, 0.25) is 5.91 Å². The minimum absolute atomic E-state index is 0.145. The Morgan fingerprint density at radius 2 is 1.94 bits per heavy atom. The average molecular weight is 494 g/mol. The fraction of sp³-hybridized carbons (Fsp3) is 0.308. The van der Waals surface area contributed by atoms with Crippen molar-refractivity contribution in [1.82, 2.24) is 19.4 Å². The molecule has 0 unspecified atom stereocenters. The number of aromatic nitrogens is 3. The van der Waals surface area contributed by atoms with Gasteiger partial charge < -0.3 is 9.80 Å². The van der Waals surface area contributed by atoms with Crippen LogP contribution in [0.5, 0.6) is 0 Å². The molecule has 0 saturated carbocycles. The summed E-state index contributed by atoms with van der Waals surface area (Å²) >= 11 is 6.60. The Morgan fingerprint density at radius 1 is 1.26 bits per heavy atom. The third-order valence-electron chi connectivity index (χ3n) is 6.02. The van der Waals surface area contributed by atoms with Crippen LogP contribution in [0.25, 0.3) is 22.3 Å². The summed E-state index contributed by atoms with van der Waals surface area (Å²) in [6.07, 6.45) is 6.97. The molecule has 0 N–H and O–H groups in total. The maximum absolute atomic E-state index is 14.6. The van der Waals surface area contributed by atoms with E-state index in [-0.39, 0.29) is 28.7 Å². The molecule has 1 aliphatic rings. The van der Waals surface area contributed by atoms with Crippen molar-refractivity contribution >= 4 is 34.4 Å². The first-order valence-electron chi connectivity index (χ1n) is 11.2. The van der Waals surface area contributed by atoms with Gasteiger partial charge in [-0.15, -0.1) is 6.42 Å². The normalized spacial score (nSPS) is 14.1. The largest absolute Gasteiger partial charge is 0.352 e. The first-order chi connectivity index (χ1) is 16.6. The fourth-order valence-electron chi connectivity index (χ4n) is 4.09. The van der Waals surface area contributed by atoms with E-state index in [1.165, 1.54) is 16.7 Å². The van der Waals surface area contributed by atoms with Crippen molar-refractivity contribution in [2.75, 3.05) is 31.1 Å². The van der Waals surface area contributed by atoms with E-state index < -0.39 is 16.9 Å². The minimum Gasteiger partial charge on any atom is -0.352 e. The van der Waals surface area contributed by atoms with Crippen LogP contribution in [0.2, 0.25) is 5.02 Å². The molecule has 3 aromatic rings. The lowest BCUT2D eigenvalue weighted by molar-refractivity contribution is -0.126. The minimum atomic E-state index is -0.657. The highest BCUT2D eigenvalue weighted by molar-refractivity contribution is 6.33. The van der Waals surface area contributed by atoms with Crippen LogP contribution in [0.3, 0.4) is 0 Å². The van der Waals surface area contributed by atoms with Crippen molar-refractivity contribution in [2.45, 2.75) is 20.4 Å². The number of benzene rings is 1. The van der Waals surface area contributed by atoms with E-state index >= 15 is 0 Å². The molecule has 0 bridgehead atoms. The molecule has 0 radical (unpaired) electrons. The SMILES string of the molecule is C#CC(C)(C)Cn1c(=O)nc(N2CCN(C(=O)C=C)CC2)c2cc(Cl)c(-c3ccccc3F)nc21. The molecule has 1 saturated heterocycles. The maximum Gasteiger partial charge on any atom is 0.351 e. The van der Waals surface area contributed by atoms with Crippen LogP contribution in [0.4, 0.5) is 10.2 Å². The number of terminal acetylenes is 1. The lowest BCUT2D eigenvalue weighted by atomic mass is 9.95. The standard InChI is InChI=1S/C26H25ClFN5O2/c1-5-21(34)31-11-13-32(14-12-31)23-18-15-19(27)22(17-9-7-8-10-20(17)28)29-24(18)33(25(35)30-23)16-26(3,4)6-2/h2,5,7-10,15H,1,11-14,16H2,3-4H3. The van der Waals surface area contributed by atoms with Crippen molar-refractivity contribution in [3.05, 3.63) is 64.3 Å². The number of anilines is 1. The number of carbonyl (C=O) groups excluding carboxylic acids is 1. The number of rotatable bonds is 5. The van der Waals surface area contributed by atoms with E-state index in [1.807, 2.05) is 18.7 Å². The van der Waals surface area contributed by atoms with E-state index in [4.69, 9.17) is 18.0 Å². The van der Waals surface area contributed by atoms with Crippen molar-refractivity contribution < 1.29 is 9.18 Å². The van der Waals surface area contributed by atoms with Crippen LogP contribution in [0.1, 0.15) is 13.8 Å². The molecular formula is C26H25ClFN5O2. The second-order valence-corrected chi connectivity index (χ2v) is 9.43. The van der Waals surface area contributed by atoms with Gasteiger partial charge >= 0.3 is 5.69 Å². The molecule has 3 heterocycles. The Morgan fingerprint density at radius 3 is 2.57 bits per heavy atom. The van der Waals surface area contributed by atoms with Gasteiger partial charge in [0.05, 0.1) is 16.1 Å². The first kappa shape index (κ1) is 24.4. The highest BCUT2D eigenvalue weighted by Crippen LogP contribution is 2.34. The van der Waals surface area contributed by atoms with Crippen LogP contribution in [0, 0.1) is 23.6 Å². The molecule has 1 aromatic carbocycles. The zero-order valence-corrected chi connectivity index (χ0v) is 20.3. The smallest absolute Gasteiger partial charge is 0.351 e.